The predicted octanol–water partition coefficient (Wildman–Crippen LogP) is 1.40. The molecule has 18 heavy (non-hydrogen) atoms. The summed E-state index contributed by atoms with van der Waals surface area (Å²) in [6.45, 7) is 0. The largest absolute Gasteiger partial charge is 0.481 e. The summed E-state index contributed by atoms with van der Waals surface area (Å²) in [5.74, 6) is -1.20. The number of rotatable bonds is 3. The Kier molecular flexibility index (Phi) is 3.69. The highest BCUT2D eigenvalue weighted by Gasteiger charge is 2.28. The SMILES string of the molecule is Cn1cccc1C(=O)NC1CCCC(C(=O)O)C1. The van der Waals surface area contributed by atoms with Gasteiger partial charge in [-0.05, 0) is 31.4 Å². The second-order valence-corrected chi connectivity index (χ2v) is 4.88. The van der Waals surface area contributed by atoms with E-state index < -0.39 is 5.97 Å². The van der Waals surface area contributed by atoms with Crippen LogP contribution in [0.25, 0.3) is 0 Å². The van der Waals surface area contributed by atoms with Crippen LogP contribution in [0.4, 0.5) is 0 Å². The van der Waals surface area contributed by atoms with Crippen molar-refractivity contribution in [2.45, 2.75) is 31.7 Å². The van der Waals surface area contributed by atoms with Crippen molar-refractivity contribution in [2.75, 3.05) is 0 Å². The minimum Gasteiger partial charge on any atom is -0.481 e. The van der Waals surface area contributed by atoms with Gasteiger partial charge in [-0.25, -0.2) is 0 Å². The summed E-state index contributed by atoms with van der Waals surface area (Å²) < 4.78 is 1.76. The number of aliphatic carboxylic acids is 1. The molecule has 1 aromatic rings. The zero-order valence-corrected chi connectivity index (χ0v) is 10.4. The van der Waals surface area contributed by atoms with E-state index in [0.29, 0.717) is 18.5 Å². The van der Waals surface area contributed by atoms with Gasteiger partial charge in [0.1, 0.15) is 5.69 Å². The Morgan fingerprint density at radius 1 is 1.44 bits per heavy atom. The molecule has 1 aromatic heterocycles. The fourth-order valence-electron chi connectivity index (χ4n) is 2.50. The lowest BCUT2D eigenvalue weighted by Crippen LogP contribution is -2.40. The molecule has 2 atom stereocenters. The van der Waals surface area contributed by atoms with E-state index in [4.69, 9.17) is 5.11 Å². The van der Waals surface area contributed by atoms with Crippen LogP contribution in [-0.2, 0) is 11.8 Å². The van der Waals surface area contributed by atoms with Crippen LogP contribution in [0.15, 0.2) is 18.3 Å². The average molecular weight is 250 g/mol. The number of carbonyl (C=O) groups excluding carboxylic acids is 1. The molecule has 0 saturated heterocycles. The Labute approximate surface area is 106 Å². The van der Waals surface area contributed by atoms with Gasteiger partial charge in [-0.15, -0.1) is 0 Å². The number of carboxylic acid groups (broad SMARTS) is 1. The van der Waals surface area contributed by atoms with Crippen molar-refractivity contribution in [3.63, 3.8) is 0 Å². The van der Waals surface area contributed by atoms with Crippen LogP contribution in [0.5, 0.6) is 0 Å². The number of carbonyl (C=O) groups is 2. The van der Waals surface area contributed by atoms with Gasteiger partial charge >= 0.3 is 5.97 Å². The highest BCUT2D eigenvalue weighted by atomic mass is 16.4. The van der Waals surface area contributed by atoms with Crippen LogP contribution in [0.3, 0.4) is 0 Å². The number of hydrogen-bond donors (Lipinski definition) is 2. The smallest absolute Gasteiger partial charge is 0.306 e. The van der Waals surface area contributed by atoms with Crippen molar-refractivity contribution in [1.29, 1.82) is 0 Å². The Bertz CT molecular complexity index is 453. The molecule has 2 rings (SSSR count). The first-order valence-electron chi connectivity index (χ1n) is 6.23. The molecule has 1 aliphatic carbocycles. The molecule has 1 aliphatic rings. The molecule has 5 nitrogen and oxygen atoms in total. The summed E-state index contributed by atoms with van der Waals surface area (Å²) in [5.41, 5.74) is 0.604. The standard InChI is InChI=1S/C13H18N2O3/c1-15-7-3-6-11(15)12(16)14-10-5-2-4-9(8-10)13(17)18/h3,6-7,9-10H,2,4-5,8H2,1H3,(H,14,16)(H,17,18). The summed E-state index contributed by atoms with van der Waals surface area (Å²) in [6, 6.07) is 3.55. The average Bonchev–Trinajstić information content (AvgIpc) is 2.76. The molecule has 0 radical (unpaired) electrons. The van der Waals surface area contributed by atoms with Gasteiger partial charge in [0.2, 0.25) is 0 Å². The molecule has 1 heterocycles. The quantitative estimate of drug-likeness (QED) is 0.851. The van der Waals surface area contributed by atoms with Crippen molar-refractivity contribution in [3.05, 3.63) is 24.0 Å². The van der Waals surface area contributed by atoms with E-state index in [1.54, 1.807) is 10.6 Å². The predicted molar refractivity (Wildman–Crippen MR) is 66.3 cm³/mol. The maximum absolute atomic E-state index is 12.0. The van der Waals surface area contributed by atoms with E-state index >= 15 is 0 Å². The molecular weight excluding hydrogens is 232 g/mol. The van der Waals surface area contributed by atoms with Gasteiger partial charge < -0.3 is 15.0 Å². The second-order valence-electron chi connectivity index (χ2n) is 4.88. The number of amides is 1. The summed E-state index contributed by atoms with van der Waals surface area (Å²) in [4.78, 5) is 22.9. The molecule has 1 amide bonds. The Morgan fingerprint density at radius 2 is 2.22 bits per heavy atom. The second kappa shape index (κ2) is 5.25. The number of carboxylic acids is 1. The van der Waals surface area contributed by atoms with E-state index in [0.717, 1.165) is 12.8 Å². The first-order valence-corrected chi connectivity index (χ1v) is 6.23. The van der Waals surface area contributed by atoms with E-state index in [1.807, 2.05) is 19.3 Å². The van der Waals surface area contributed by atoms with Crippen LogP contribution in [0.1, 0.15) is 36.2 Å². The summed E-state index contributed by atoms with van der Waals surface area (Å²) in [5, 5.41) is 11.9. The van der Waals surface area contributed by atoms with Gasteiger partial charge in [0.05, 0.1) is 5.92 Å². The number of aromatic nitrogens is 1. The highest BCUT2D eigenvalue weighted by molar-refractivity contribution is 5.92. The normalized spacial score (nSPS) is 23.6. The minimum atomic E-state index is -0.757. The van der Waals surface area contributed by atoms with Gasteiger partial charge in [-0.2, -0.15) is 0 Å². The van der Waals surface area contributed by atoms with Gasteiger partial charge in [-0.3, -0.25) is 9.59 Å². The molecular formula is C13H18N2O3. The molecule has 0 bridgehead atoms. The van der Waals surface area contributed by atoms with Crippen LogP contribution >= 0.6 is 0 Å². The van der Waals surface area contributed by atoms with Crippen LogP contribution in [0.2, 0.25) is 0 Å². The van der Waals surface area contributed by atoms with Crippen LogP contribution in [0, 0.1) is 5.92 Å². The summed E-state index contributed by atoms with van der Waals surface area (Å²) in [7, 11) is 1.82. The van der Waals surface area contributed by atoms with E-state index in [1.165, 1.54) is 0 Å². The monoisotopic (exact) mass is 250 g/mol. The highest BCUT2D eigenvalue weighted by Crippen LogP contribution is 2.24. The van der Waals surface area contributed by atoms with E-state index in [-0.39, 0.29) is 17.9 Å². The molecule has 0 spiro atoms. The third-order valence-corrected chi connectivity index (χ3v) is 3.54. The zero-order valence-electron chi connectivity index (χ0n) is 10.4. The van der Waals surface area contributed by atoms with Crippen LogP contribution < -0.4 is 5.32 Å². The molecule has 0 aromatic carbocycles. The van der Waals surface area contributed by atoms with Crippen molar-refractivity contribution in [2.24, 2.45) is 13.0 Å². The first-order chi connectivity index (χ1) is 8.58. The number of hydrogen-bond acceptors (Lipinski definition) is 2. The van der Waals surface area contributed by atoms with Crippen molar-refractivity contribution < 1.29 is 14.7 Å². The number of nitrogens with one attached hydrogen (secondary N) is 1. The zero-order chi connectivity index (χ0) is 13.1. The molecule has 2 unspecified atom stereocenters. The lowest BCUT2D eigenvalue weighted by molar-refractivity contribution is -0.143. The first kappa shape index (κ1) is 12.7. The number of aryl methyl sites for hydroxylation is 1. The molecule has 0 aliphatic heterocycles. The fraction of sp³-hybridized carbons (Fsp3) is 0.538. The topological polar surface area (TPSA) is 71.3 Å². The molecule has 1 fully saturated rings. The van der Waals surface area contributed by atoms with E-state index in [2.05, 4.69) is 5.32 Å². The Morgan fingerprint density at radius 3 is 2.83 bits per heavy atom. The molecule has 2 N–H and O–H groups in total. The number of nitrogens with zero attached hydrogens (tertiary/aromatic N) is 1. The third kappa shape index (κ3) is 2.72. The van der Waals surface area contributed by atoms with Crippen molar-refractivity contribution in [3.8, 4) is 0 Å². The third-order valence-electron chi connectivity index (χ3n) is 3.54. The van der Waals surface area contributed by atoms with Crippen molar-refractivity contribution in [1.82, 2.24) is 9.88 Å². The maximum atomic E-state index is 12.0. The Hall–Kier alpha value is -1.78. The molecule has 1 saturated carbocycles. The van der Waals surface area contributed by atoms with Crippen LogP contribution in [-0.4, -0.2) is 27.6 Å². The van der Waals surface area contributed by atoms with Crippen molar-refractivity contribution >= 4 is 11.9 Å². The van der Waals surface area contributed by atoms with Gasteiger partial charge in [0.15, 0.2) is 0 Å². The van der Waals surface area contributed by atoms with Gasteiger partial charge in [-0.1, -0.05) is 6.42 Å². The molecule has 98 valence electrons. The van der Waals surface area contributed by atoms with Gasteiger partial charge in [0.25, 0.3) is 5.91 Å². The fourth-order valence-corrected chi connectivity index (χ4v) is 2.50. The summed E-state index contributed by atoms with van der Waals surface area (Å²) in [6.07, 6.45) is 4.78. The van der Waals surface area contributed by atoms with E-state index in [9.17, 15) is 9.59 Å². The minimum absolute atomic E-state index is 0.0257. The van der Waals surface area contributed by atoms with Gasteiger partial charge in [0, 0.05) is 19.3 Å². The lowest BCUT2D eigenvalue weighted by Gasteiger charge is -2.27. The summed E-state index contributed by atoms with van der Waals surface area (Å²) >= 11 is 0. The molecule has 5 heteroatoms. The Balaban J connectivity index is 1.95. The maximum Gasteiger partial charge on any atom is 0.306 e. The lowest BCUT2D eigenvalue weighted by atomic mass is 9.86.